The first-order valence-electron chi connectivity index (χ1n) is 8.14. The zero-order chi connectivity index (χ0) is 15.8. The van der Waals surface area contributed by atoms with Crippen LogP contribution in [-0.4, -0.2) is 41.8 Å². The average Bonchev–Trinajstić information content (AvgIpc) is 2.96. The van der Waals surface area contributed by atoms with Crippen molar-refractivity contribution in [2.45, 2.75) is 44.8 Å². The van der Waals surface area contributed by atoms with Crippen LogP contribution in [0.2, 0.25) is 0 Å². The van der Waals surface area contributed by atoms with Gasteiger partial charge in [0.2, 0.25) is 0 Å². The van der Waals surface area contributed by atoms with Crippen LogP contribution in [0, 0.1) is 5.92 Å². The zero-order valence-corrected chi connectivity index (χ0v) is 13.8. The van der Waals surface area contributed by atoms with Gasteiger partial charge in [-0.15, -0.1) is 0 Å². The second kappa shape index (κ2) is 5.58. The Balaban J connectivity index is 1.47. The van der Waals surface area contributed by atoms with Crippen molar-refractivity contribution >= 4 is 6.09 Å². The van der Waals surface area contributed by atoms with E-state index in [1.807, 2.05) is 26.8 Å². The Morgan fingerprint density at radius 2 is 2.09 bits per heavy atom. The van der Waals surface area contributed by atoms with E-state index in [2.05, 4.69) is 34.5 Å². The lowest BCUT2D eigenvalue weighted by Gasteiger charge is -2.24. The molecule has 1 heterocycles. The largest absolute Gasteiger partial charge is 0.444 e. The van der Waals surface area contributed by atoms with Crippen molar-refractivity contribution in [3.05, 3.63) is 35.9 Å². The van der Waals surface area contributed by atoms with E-state index in [4.69, 9.17) is 4.74 Å². The first kappa shape index (κ1) is 15.3. The summed E-state index contributed by atoms with van der Waals surface area (Å²) in [5.74, 6) is 0.593. The molecule has 4 heteroatoms. The summed E-state index contributed by atoms with van der Waals surface area (Å²) >= 11 is 0. The van der Waals surface area contributed by atoms with Gasteiger partial charge in [0.1, 0.15) is 5.60 Å². The van der Waals surface area contributed by atoms with E-state index in [-0.39, 0.29) is 11.6 Å². The minimum atomic E-state index is -0.434. The van der Waals surface area contributed by atoms with E-state index in [9.17, 15) is 4.79 Å². The highest BCUT2D eigenvalue weighted by Gasteiger charge is 2.61. The molecule has 22 heavy (non-hydrogen) atoms. The van der Waals surface area contributed by atoms with Crippen LogP contribution in [-0.2, 0) is 11.2 Å². The summed E-state index contributed by atoms with van der Waals surface area (Å²) in [5, 5.41) is 3.11. The Morgan fingerprint density at radius 3 is 2.77 bits per heavy atom. The summed E-state index contributed by atoms with van der Waals surface area (Å²) in [6, 6.07) is 10.6. The number of benzene rings is 1. The molecule has 1 saturated carbocycles. The van der Waals surface area contributed by atoms with Gasteiger partial charge in [-0.25, -0.2) is 4.79 Å². The Labute approximate surface area is 132 Å². The summed E-state index contributed by atoms with van der Waals surface area (Å²) in [6.07, 6.45) is 1.88. The summed E-state index contributed by atoms with van der Waals surface area (Å²) < 4.78 is 5.39. The molecule has 2 aliphatic rings. The second-order valence-electron chi connectivity index (χ2n) is 7.65. The molecule has 0 radical (unpaired) electrons. The van der Waals surface area contributed by atoms with Crippen LogP contribution in [0.5, 0.6) is 0 Å². The summed E-state index contributed by atoms with van der Waals surface area (Å²) in [4.78, 5) is 14.4. The molecular formula is C18H26N2O2. The number of hydrogen-bond donors (Lipinski definition) is 1. The van der Waals surface area contributed by atoms with Crippen molar-refractivity contribution < 1.29 is 9.53 Å². The lowest BCUT2D eigenvalue weighted by atomic mass is 10.1. The third-order valence-corrected chi connectivity index (χ3v) is 4.53. The molecule has 2 fully saturated rings. The number of amides is 1. The molecule has 2 atom stereocenters. The van der Waals surface area contributed by atoms with E-state index in [1.54, 1.807) is 0 Å². The maximum atomic E-state index is 12.0. The van der Waals surface area contributed by atoms with Gasteiger partial charge in [0.25, 0.3) is 0 Å². The number of piperidine rings is 1. The molecule has 0 spiro atoms. The zero-order valence-electron chi connectivity index (χ0n) is 13.8. The van der Waals surface area contributed by atoms with Crippen LogP contribution in [0.15, 0.2) is 30.3 Å². The van der Waals surface area contributed by atoms with E-state index in [1.165, 1.54) is 5.56 Å². The Bertz CT molecular complexity index is 538. The Morgan fingerprint density at radius 1 is 1.36 bits per heavy atom. The molecule has 1 aliphatic heterocycles. The summed E-state index contributed by atoms with van der Waals surface area (Å²) in [7, 11) is 0. The minimum absolute atomic E-state index is 0.0287. The fraction of sp³-hybridized carbons (Fsp3) is 0.611. The normalized spacial score (nSPS) is 27.3. The number of carbonyl (C=O) groups excluding carboxylic acids is 1. The van der Waals surface area contributed by atoms with E-state index in [0.29, 0.717) is 5.92 Å². The Hall–Kier alpha value is -1.55. The van der Waals surface area contributed by atoms with E-state index >= 15 is 0 Å². The number of carbonyl (C=O) groups is 1. The van der Waals surface area contributed by atoms with Crippen LogP contribution in [0.1, 0.15) is 32.8 Å². The van der Waals surface area contributed by atoms with Crippen LogP contribution < -0.4 is 5.32 Å². The molecule has 1 N–H and O–H groups in total. The number of rotatable bonds is 4. The number of alkyl carbamates (subject to hydrolysis) is 1. The molecule has 1 aliphatic carbocycles. The molecule has 120 valence electrons. The monoisotopic (exact) mass is 302 g/mol. The summed E-state index contributed by atoms with van der Waals surface area (Å²) in [5.41, 5.74) is 0.910. The Kier molecular flexibility index (Phi) is 3.89. The third kappa shape index (κ3) is 3.61. The molecule has 0 bridgehead atoms. The predicted octanol–water partition coefficient (Wildman–Crippen LogP) is 2.83. The van der Waals surface area contributed by atoms with Crippen LogP contribution in [0.3, 0.4) is 0 Å². The SMILES string of the molecule is CC(C)(C)OC(=O)NC12CC1CN(CCc1ccccc1)C2. The lowest BCUT2D eigenvalue weighted by Crippen LogP contribution is -2.44. The number of hydrogen-bond acceptors (Lipinski definition) is 3. The molecule has 2 unspecified atom stereocenters. The first-order valence-corrected chi connectivity index (χ1v) is 8.14. The van der Waals surface area contributed by atoms with Gasteiger partial charge in [-0.2, -0.15) is 0 Å². The van der Waals surface area contributed by atoms with Gasteiger partial charge in [-0.1, -0.05) is 30.3 Å². The van der Waals surface area contributed by atoms with Crippen molar-refractivity contribution in [3.8, 4) is 0 Å². The van der Waals surface area contributed by atoms with Gasteiger partial charge in [-0.05, 0) is 45.1 Å². The fourth-order valence-corrected chi connectivity index (χ4v) is 3.39. The molecule has 0 aromatic heterocycles. The molecule has 1 aromatic rings. The van der Waals surface area contributed by atoms with Gasteiger partial charge in [-0.3, -0.25) is 0 Å². The van der Waals surface area contributed by atoms with Crippen LogP contribution in [0.4, 0.5) is 4.79 Å². The molecule has 1 aromatic carbocycles. The average molecular weight is 302 g/mol. The van der Waals surface area contributed by atoms with Gasteiger partial charge >= 0.3 is 6.09 Å². The van der Waals surface area contributed by atoms with Crippen molar-refractivity contribution in [1.82, 2.24) is 10.2 Å². The second-order valence-corrected chi connectivity index (χ2v) is 7.65. The maximum Gasteiger partial charge on any atom is 0.408 e. The number of likely N-dealkylation sites (tertiary alicyclic amines) is 1. The molecule has 1 saturated heterocycles. The molecule has 1 amide bonds. The molecule has 3 rings (SSSR count). The van der Waals surface area contributed by atoms with Gasteiger partial charge < -0.3 is 15.0 Å². The third-order valence-electron chi connectivity index (χ3n) is 4.53. The van der Waals surface area contributed by atoms with Crippen LogP contribution >= 0.6 is 0 Å². The highest BCUT2D eigenvalue weighted by molar-refractivity contribution is 5.70. The lowest BCUT2D eigenvalue weighted by molar-refractivity contribution is 0.0492. The van der Waals surface area contributed by atoms with Crippen molar-refractivity contribution in [2.75, 3.05) is 19.6 Å². The van der Waals surface area contributed by atoms with Gasteiger partial charge in [0, 0.05) is 19.6 Å². The number of nitrogens with zero attached hydrogens (tertiary/aromatic N) is 1. The predicted molar refractivity (Wildman–Crippen MR) is 86.8 cm³/mol. The maximum absolute atomic E-state index is 12.0. The molecule has 4 nitrogen and oxygen atoms in total. The van der Waals surface area contributed by atoms with E-state index in [0.717, 1.165) is 32.5 Å². The standard InChI is InChI=1S/C18H26N2O2/c1-17(2,3)22-16(21)19-18-11-15(18)12-20(13-18)10-9-14-7-5-4-6-8-14/h4-8,15H,9-13H2,1-3H3,(H,19,21). The number of fused-ring (bicyclic) bond motifs is 1. The van der Waals surface area contributed by atoms with Crippen molar-refractivity contribution in [2.24, 2.45) is 5.92 Å². The van der Waals surface area contributed by atoms with Crippen LogP contribution in [0.25, 0.3) is 0 Å². The number of ether oxygens (including phenoxy) is 1. The number of nitrogens with one attached hydrogen (secondary N) is 1. The van der Waals surface area contributed by atoms with Gasteiger partial charge in [0.05, 0.1) is 5.54 Å². The smallest absolute Gasteiger partial charge is 0.408 e. The molecular weight excluding hydrogens is 276 g/mol. The summed E-state index contributed by atoms with van der Waals surface area (Å²) in [6.45, 7) is 8.78. The van der Waals surface area contributed by atoms with Crippen molar-refractivity contribution in [3.63, 3.8) is 0 Å². The quantitative estimate of drug-likeness (QED) is 0.930. The minimum Gasteiger partial charge on any atom is -0.444 e. The highest BCUT2D eigenvalue weighted by Crippen LogP contribution is 2.49. The topological polar surface area (TPSA) is 41.6 Å². The van der Waals surface area contributed by atoms with Crippen molar-refractivity contribution in [1.29, 1.82) is 0 Å². The first-order chi connectivity index (χ1) is 10.4. The highest BCUT2D eigenvalue weighted by atomic mass is 16.6. The van der Waals surface area contributed by atoms with Gasteiger partial charge in [0.15, 0.2) is 0 Å². The van der Waals surface area contributed by atoms with E-state index < -0.39 is 5.60 Å². The fourth-order valence-electron chi connectivity index (χ4n) is 3.39.